The number of hydrogen-bond donors (Lipinski definition) is 1. The molecule has 120 valence electrons. The highest BCUT2D eigenvalue weighted by molar-refractivity contribution is 5.92. The van der Waals surface area contributed by atoms with E-state index in [1.165, 1.54) is 5.56 Å². The number of hydrogen-bond acceptors (Lipinski definition) is 3. The van der Waals surface area contributed by atoms with Gasteiger partial charge in [-0.3, -0.25) is 9.69 Å². The van der Waals surface area contributed by atoms with Crippen molar-refractivity contribution in [3.05, 3.63) is 60.2 Å². The number of carbonyl (C=O) groups is 1. The van der Waals surface area contributed by atoms with Crippen molar-refractivity contribution in [1.29, 1.82) is 0 Å². The average Bonchev–Trinajstić information content (AvgIpc) is 3.03. The quantitative estimate of drug-likeness (QED) is 0.919. The van der Waals surface area contributed by atoms with Crippen LogP contribution in [-0.2, 0) is 4.79 Å². The number of para-hydroxylation sites is 1. The van der Waals surface area contributed by atoms with Gasteiger partial charge in [0.2, 0.25) is 5.91 Å². The Bertz CT molecular complexity index is 640. The first-order chi connectivity index (χ1) is 11.3. The Morgan fingerprint density at radius 3 is 2.61 bits per heavy atom. The molecule has 1 fully saturated rings. The number of likely N-dealkylation sites (tertiary alicyclic amines) is 1. The number of ether oxygens (including phenoxy) is 1. The summed E-state index contributed by atoms with van der Waals surface area (Å²) in [5.74, 6) is 0.900. The second kappa shape index (κ2) is 7.29. The molecule has 1 heterocycles. The molecule has 1 aliphatic rings. The monoisotopic (exact) mass is 310 g/mol. The average molecular weight is 310 g/mol. The topological polar surface area (TPSA) is 41.6 Å². The summed E-state index contributed by atoms with van der Waals surface area (Å²) in [5.41, 5.74) is 2.09. The van der Waals surface area contributed by atoms with Gasteiger partial charge in [0.15, 0.2) is 0 Å². The predicted octanol–water partition coefficient (Wildman–Crippen LogP) is 3.47. The lowest BCUT2D eigenvalue weighted by molar-refractivity contribution is -0.117. The van der Waals surface area contributed by atoms with Crippen LogP contribution in [0.3, 0.4) is 0 Å². The van der Waals surface area contributed by atoms with Gasteiger partial charge in [0.25, 0.3) is 0 Å². The lowest BCUT2D eigenvalue weighted by Gasteiger charge is -2.24. The van der Waals surface area contributed by atoms with Crippen LogP contribution in [0.1, 0.15) is 24.4 Å². The highest BCUT2D eigenvalue weighted by Gasteiger charge is 2.27. The molecule has 1 N–H and O–H groups in total. The fourth-order valence-corrected chi connectivity index (χ4v) is 3.13. The summed E-state index contributed by atoms with van der Waals surface area (Å²) in [6.07, 6.45) is 2.21. The zero-order chi connectivity index (χ0) is 16.1. The zero-order valence-corrected chi connectivity index (χ0v) is 13.4. The third-order valence-electron chi connectivity index (χ3n) is 4.27. The van der Waals surface area contributed by atoms with E-state index >= 15 is 0 Å². The van der Waals surface area contributed by atoms with E-state index in [9.17, 15) is 4.79 Å². The van der Waals surface area contributed by atoms with Crippen molar-refractivity contribution in [1.82, 2.24) is 4.90 Å². The molecule has 1 aliphatic heterocycles. The standard InChI is InChI=1S/C19H22N2O2/c1-23-17-11-9-15(10-12-17)18-8-5-13-21(18)14-19(22)20-16-6-3-2-4-7-16/h2-4,6-7,9-12,18H,5,8,13-14H2,1H3,(H,20,22)/t18-/m1/s1. The molecule has 0 saturated carbocycles. The van der Waals surface area contributed by atoms with Crippen molar-refractivity contribution in [3.63, 3.8) is 0 Å². The third kappa shape index (κ3) is 3.90. The SMILES string of the molecule is COc1ccc([C@H]2CCCN2CC(=O)Nc2ccccc2)cc1. The molecule has 0 unspecified atom stereocenters. The van der Waals surface area contributed by atoms with Crippen LogP contribution in [0.4, 0.5) is 5.69 Å². The van der Waals surface area contributed by atoms with Crippen LogP contribution >= 0.6 is 0 Å². The van der Waals surface area contributed by atoms with Crippen molar-refractivity contribution in [2.24, 2.45) is 0 Å². The third-order valence-corrected chi connectivity index (χ3v) is 4.27. The number of amides is 1. The number of anilines is 1. The Hall–Kier alpha value is -2.33. The first kappa shape index (κ1) is 15.6. The van der Waals surface area contributed by atoms with Crippen molar-refractivity contribution < 1.29 is 9.53 Å². The van der Waals surface area contributed by atoms with E-state index in [1.807, 2.05) is 42.5 Å². The summed E-state index contributed by atoms with van der Waals surface area (Å²) in [7, 11) is 1.67. The number of nitrogens with one attached hydrogen (secondary N) is 1. The first-order valence-corrected chi connectivity index (χ1v) is 7.99. The molecule has 1 amide bonds. The molecule has 3 rings (SSSR count). The summed E-state index contributed by atoms with van der Waals surface area (Å²) >= 11 is 0. The van der Waals surface area contributed by atoms with Gasteiger partial charge < -0.3 is 10.1 Å². The Balaban J connectivity index is 1.63. The van der Waals surface area contributed by atoms with Crippen molar-refractivity contribution in [2.75, 3.05) is 25.5 Å². The number of nitrogens with zero attached hydrogens (tertiary/aromatic N) is 1. The van der Waals surface area contributed by atoms with E-state index < -0.39 is 0 Å². The van der Waals surface area contributed by atoms with Crippen molar-refractivity contribution in [3.8, 4) is 5.75 Å². The van der Waals surface area contributed by atoms with Gasteiger partial charge in [-0.15, -0.1) is 0 Å². The summed E-state index contributed by atoms with van der Waals surface area (Å²) in [6, 6.07) is 18.1. The van der Waals surface area contributed by atoms with Crippen molar-refractivity contribution >= 4 is 11.6 Å². The maximum Gasteiger partial charge on any atom is 0.238 e. The molecule has 4 heteroatoms. The van der Waals surface area contributed by atoms with E-state index in [2.05, 4.69) is 22.3 Å². The second-order valence-corrected chi connectivity index (χ2v) is 5.82. The van der Waals surface area contributed by atoms with Crippen molar-refractivity contribution in [2.45, 2.75) is 18.9 Å². The van der Waals surface area contributed by atoms with E-state index in [4.69, 9.17) is 4.74 Å². The summed E-state index contributed by atoms with van der Waals surface area (Å²) in [5, 5.41) is 2.96. The van der Waals surface area contributed by atoms with E-state index in [0.717, 1.165) is 30.8 Å². The van der Waals surface area contributed by atoms with Crippen LogP contribution in [0.25, 0.3) is 0 Å². The number of methoxy groups -OCH3 is 1. The Kier molecular flexibility index (Phi) is 4.93. The molecular formula is C19H22N2O2. The van der Waals surface area contributed by atoms with Gasteiger partial charge in [0.1, 0.15) is 5.75 Å². The number of rotatable bonds is 5. The molecule has 1 saturated heterocycles. The maximum atomic E-state index is 12.3. The molecule has 2 aromatic rings. The Labute approximate surface area is 137 Å². The number of carbonyl (C=O) groups excluding carboxylic acids is 1. The molecule has 0 spiro atoms. The first-order valence-electron chi connectivity index (χ1n) is 7.99. The van der Waals surface area contributed by atoms with E-state index in [0.29, 0.717) is 12.6 Å². The van der Waals surface area contributed by atoms with Gasteiger partial charge in [-0.1, -0.05) is 30.3 Å². The van der Waals surface area contributed by atoms with Gasteiger partial charge in [-0.05, 0) is 49.2 Å². The van der Waals surface area contributed by atoms with Crippen LogP contribution in [0.15, 0.2) is 54.6 Å². The maximum absolute atomic E-state index is 12.3. The van der Waals surface area contributed by atoms with Crippen LogP contribution in [0.2, 0.25) is 0 Å². The summed E-state index contributed by atoms with van der Waals surface area (Å²) < 4.78 is 5.21. The van der Waals surface area contributed by atoms with Gasteiger partial charge in [0.05, 0.1) is 13.7 Å². The van der Waals surface area contributed by atoms with Crippen LogP contribution in [0, 0.1) is 0 Å². The number of benzene rings is 2. The molecule has 4 nitrogen and oxygen atoms in total. The minimum absolute atomic E-state index is 0.0385. The molecular weight excluding hydrogens is 288 g/mol. The van der Waals surface area contributed by atoms with Crippen LogP contribution in [0.5, 0.6) is 5.75 Å². The Morgan fingerprint density at radius 2 is 1.91 bits per heavy atom. The smallest absolute Gasteiger partial charge is 0.238 e. The highest BCUT2D eigenvalue weighted by atomic mass is 16.5. The highest BCUT2D eigenvalue weighted by Crippen LogP contribution is 2.32. The van der Waals surface area contributed by atoms with E-state index in [1.54, 1.807) is 7.11 Å². The molecule has 0 aromatic heterocycles. The fraction of sp³-hybridized carbons (Fsp3) is 0.316. The molecule has 0 radical (unpaired) electrons. The van der Waals surface area contributed by atoms with Gasteiger partial charge in [0, 0.05) is 11.7 Å². The summed E-state index contributed by atoms with van der Waals surface area (Å²) in [6.45, 7) is 1.38. The van der Waals surface area contributed by atoms with Crippen LogP contribution < -0.4 is 10.1 Å². The van der Waals surface area contributed by atoms with Gasteiger partial charge >= 0.3 is 0 Å². The largest absolute Gasteiger partial charge is 0.497 e. The fourth-order valence-electron chi connectivity index (χ4n) is 3.13. The van der Waals surface area contributed by atoms with Gasteiger partial charge in [-0.25, -0.2) is 0 Å². The Morgan fingerprint density at radius 1 is 1.17 bits per heavy atom. The second-order valence-electron chi connectivity index (χ2n) is 5.82. The minimum Gasteiger partial charge on any atom is -0.497 e. The predicted molar refractivity (Wildman–Crippen MR) is 91.6 cm³/mol. The molecule has 23 heavy (non-hydrogen) atoms. The molecule has 0 bridgehead atoms. The van der Waals surface area contributed by atoms with Crippen LogP contribution in [-0.4, -0.2) is 31.0 Å². The molecule has 0 aliphatic carbocycles. The minimum atomic E-state index is 0.0385. The zero-order valence-electron chi connectivity index (χ0n) is 13.4. The summed E-state index contributed by atoms with van der Waals surface area (Å²) in [4.78, 5) is 14.5. The molecule has 2 aromatic carbocycles. The van der Waals surface area contributed by atoms with E-state index in [-0.39, 0.29) is 5.91 Å². The lowest BCUT2D eigenvalue weighted by atomic mass is 10.0. The van der Waals surface area contributed by atoms with Gasteiger partial charge in [-0.2, -0.15) is 0 Å². The lowest BCUT2D eigenvalue weighted by Crippen LogP contribution is -2.32. The normalized spacial score (nSPS) is 17.9. The molecule has 1 atom stereocenters.